The second-order valence-electron chi connectivity index (χ2n) is 5.07. The van der Waals surface area contributed by atoms with E-state index in [2.05, 4.69) is 41.4 Å². The number of halogens is 1. The fourth-order valence-corrected chi connectivity index (χ4v) is 2.04. The molecule has 1 aromatic carbocycles. The first-order chi connectivity index (χ1) is 9.63. The van der Waals surface area contributed by atoms with Crippen LogP contribution >= 0.6 is 12.4 Å². The Morgan fingerprint density at radius 3 is 2.14 bits per heavy atom. The molecule has 0 amide bonds. The highest BCUT2D eigenvalue weighted by molar-refractivity contribution is 5.99. The largest absolute Gasteiger partial charge is 0.369 e. The molecule has 0 saturated heterocycles. The molecular formula is C16H27ClN4. The summed E-state index contributed by atoms with van der Waals surface area (Å²) in [5.41, 5.74) is 13.7. The number of benzene rings is 1. The van der Waals surface area contributed by atoms with Gasteiger partial charge >= 0.3 is 0 Å². The van der Waals surface area contributed by atoms with Crippen molar-refractivity contribution in [2.45, 2.75) is 52.4 Å². The Bertz CT molecular complexity index is 448. The summed E-state index contributed by atoms with van der Waals surface area (Å²) in [4.78, 5) is 0. The van der Waals surface area contributed by atoms with Crippen molar-refractivity contribution < 1.29 is 0 Å². The molecule has 0 aliphatic carbocycles. The molecule has 0 aromatic heterocycles. The van der Waals surface area contributed by atoms with E-state index in [1.807, 2.05) is 6.92 Å². The molecule has 0 spiro atoms. The van der Waals surface area contributed by atoms with Gasteiger partial charge in [-0.3, -0.25) is 0 Å². The monoisotopic (exact) mass is 310 g/mol. The van der Waals surface area contributed by atoms with Gasteiger partial charge in [-0.25, -0.2) is 0 Å². The fraction of sp³-hybridized carbons (Fsp3) is 0.500. The number of hydrogen-bond acceptors (Lipinski definition) is 2. The van der Waals surface area contributed by atoms with Gasteiger partial charge < -0.3 is 11.5 Å². The maximum Gasteiger partial charge on any atom is 0.211 e. The molecule has 0 atom stereocenters. The van der Waals surface area contributed by atoms with Crippen molar-refractivity contribution in [1.29, 1.82) is 0 Å². The Balaban J connectivity index is 0.00000400. The molecule has 118 valence electrons. The predicted octanol–water partition coefficient (Wildman–Crippen LogP) is 3.62. The van der Waals surface area contributed by atoms with Gasteiger partial charge in [0.1, 0.15) is 0 Å². The number of nitrogens with zero attached hydrogens (tertiary/aromatic N) is 2. The van der Waals surface area contributed by atoms with Gasteiger partial charge in [-0.1, -0.05) is 56.9 Å². The van der Waals surface area contributed by atoms with Crippen molar-refractivity contribution in [3.05, 3.63) is 35.4 Å². The Morgan fingerprint density at radius 2 is 1.57 bits per heavy atom. The first kappa shape index (κ1) is 19.4. The number of rotatable bonds is 8. The zero-order valence-corrected chi connectivity index (χ0v) is 13.8. The standard InChI is InChI=1S/C16H26N4.ClH/c1-3-4-5-6-7-8-14-9-11-15(12-10-14)13(2)19-20-16(17)18;/h9-12H,3-8H2,1-2H3,(H4,17,18,20);1H. The highest BCUT2D eigenvalue weighted by atomic mass is 35.5. The topological polar surface area (TPSA) is 76.8 Å². The minimum atomic E-state index is -0.0203. The third-order valence-electron chi connectivity index (χ3n) is 3.26. The molecule has 0 unspecified atom stereocenters. The van der Waals surface area contributed by atoms with Crippen LogP contribution in [-0.2, 0) is 6.42 Å². The van der Waals surface area contributed by atoms with Crippen LogP contribution in [0.25, 0.3) is 0 Å². The van der Waals surface area contributed by atoms with Crippen LogP contribution in [0.1, 0.15) is 57.1 Å². The molecule has 4 N–H and O–H groups in total. The Labute approximate surface area is 134 Å². The highest BCUT2D eigenvalue weighted by Crippen LogP contribution is 2.11. The van der Waals surface area contributed by atoms with Crippen molar-refractivity contribution in [1.82, 2.24) is 0 Å². The van der Waals surface area contributed by atoms with Crippen LogP contribution in [0.15, 0.2) is 34.5 Å². The summed E-state index contributed by atoms with van der Waals surface area (Å²) >= 11 is 0. The minimum Gasteiger partial charge on any atom is -0.369 e. The summed E-state index contributed by atoms with van der Waals surface area (Å²) < 4.78 is 0. The predicted molar refractivity (Wildman–Crippen MR) is 94.2 cm³/mol. The summed E-state index contributed by atoms with van der Waals surface area (Å²) in [5.74, 6) is -0.0203. The molecule has 0 bridgehead atoms. The van der Waals surface area contributed by atoms with Crippen LogP contribution in [0.4, 0.5) is 0 Å². The molecule has 0 fully saturated rings. The Hall–Kier alpha value is -1.55. The average molecular weight is 311 g/mol. The second kappa shape index (κ2) is 11.1. The van der Waals surface area contributed by atoms with E-state index in [-0.39, 0.29) is 18.4 Å². The zero-order chi connectivity index (χ0) is 14.8. The van der Waals surface area contributed by atoms with E-state index < -0.39 is 0 Å². The molecule has 1 rings (SSSR count). The van der Waals surface area contributed by atoms with Crippen LogP contribution in [0.5, 0.6) is 0 Å². The van der Waals surface area contributed by atoms with Crippen LogP contribution in [-0.4, -0.2) is 11.7 Å². The van der Waals surface area contributed by atoms with Gasteiger partial charge in [0.2, 0.25) is 5.96 Å². The molecule has 5 heteroatoms. The fourth-order valence-electron chi connectivity index (χ4n) is 2.04. The van der Waals surface area contributed by atoms with E-state index in [1.54, 1.807) is 0 Å². The Morgan fingerprint density at radius 1 is 0.952 bits per heavy atom. The average Bonchev–Trinajstić information content (AvgIpc) is 2.45. The SMILES string of the molecule is CCCCCCCc1ccc(C(C)=NN=C(N)N)cc1.Cl. The molecule has 0 radical (unpaired) electrons. The molecule has 0 aliphatic heterocycles. The normalized spacial score (nSPS) is 10.9. The first-order valence-corrected chi connectivity index (χ1v) is 7.36. The minimum absolute atomic E-state index is 0. The van der Waals surface area contributed by atoms with Crippen molar-refractivity contribution in [2.75, 3.05) is 0 Å². The lowest BCUT2D eigenvalue weighted by Gasteiger charge is -2.04. The third-order valence-corrected chi connectivity index (χ3v) is 3.26. The van der Waals surface area contributed by atoms with E-state index in [0.717, 1.165) is 17.7 Å². The van der Waals surface area contributed by atoms with Crippen molar-refractivity contribution in [3.8, 4) is 0 Å². The lowest BCUT2D eigenvalue weighted by atomic mass is 10.0. The molecular weight excluding hydrogens is 284 g/mol. The molecule has 0 aliphatic rings. The second-order valence-corrected chi connectivity index (χ2v) is 5.07. The van der Waals surface area contributed by atoms with Gasteiger partial charge in [0.15, 0.2) is 0 Å². The van der Waals surface area contributed by atoms with E-state index in [0.29, 0.717) is 0 Å². The number of unbranched alkanes of at least 4 members (excludes halogenated alkanes) is 4. The molecule has 21 heavy (non-hydrogen) atoms. The zero-order valence-electron chi connectivity index (χ0n) is 13.0. The van der Waals surface area contributed by atoms with E-state index in [9.17, 15) is 0 Å². The van der Waals surface area contributed by atoms with Gasteiger partial charge in [-0.05, 0) is 30.9 Å². The molecule has 4 nitrogen and oxygen atoms in total. The number of aryl methyl sites for hydroxylation is 1. The van der Waals surface area contributed by atoms with Gasteiger partial charge in [0, 0.05) is 0 Å². The van der Waals surface area contributed by atoms with Crippen molar-refractivity contribution in [3.63, 3.8) is 0 Å². The van der Waals surface area contributed by atoms with Crippen LogP contribution in [0, 0.1) is 0 Å². The molecule has 0 saturated carbocycles. The summed E-state index contributed by atoms with van der Waals surface area (Å²) in [5, 5.41) is 7.64. The lowest BCUT2D eigenvalue weighted by Crippen LogP contribution is -2.22. The quantitative estimate of drug-likeness (QED) is 0.333. The third kappa shape index (κ3) is 8.35. The van der Waals surface area contributed by atoms with Crippen molar-refractivity contribution >= 4 is 24.1 Å². The van der Waals surface area contributed by atoms with Crippen LogP contribution < -0.4 is 11.5 Å². The van der Waals surface area contributed by atoms with Gasteiger partial charge in [-0.15, -0.1) is 17.5 Å². The smallest absolute Gasteiger partial charge is 0.211 e. The van der Waals surface area contributed by atoms with Gasteiger partial charge in [0.25, 0.3) is 0 Å². The number of nitrogens with two attached hydrogens (primary N) is 2. The maximum atomic E-state index is 5.25. The van der Waals surface area contributed by atoms with Gasteiger partial charge in [0.05, 0.1) is 5.71 Å². The number of guanidine groups is 1. The van der Waals surface area contributed by atoms with E-state index in [1.165, 1.54) is 37.7 Å². The summed E-state index contributed by atoms with van der Waals surface area (Å²) in [6.07, 6.45) is 7.72. The van der Waals surface area contributed by atoms with Crippen molar-refractivity contribution in [2.24, 2.45) is 21.7 Å². The van der Waals surface area contributed by atoms with Gasteiger partial charge in [-0.2, -0.15) is 5.10 Å². The summed E-state index contributed by atoms with van der Waals surface area (Å²) in [6.45, 7) is 4.14. The summed E-state index contributed by atoms with van der Waals surface area (Å²) in [6, 6.07) is 8.46. The van der Waals surface area contributed by atoms with E-state index >= 15 is 0 Å². The summed E-state index contributed by atoms with van der Waals surface area (Å²) in [7, 11) is 0. The highest BCUT2D eigenvalue weighted by Gasteiger charge is 1.99. The number of hydrogen-bond donors (Lipinski definition) is 2. The Kier molecular flexibility index (Phi) is 10.3. The molecule has 0 heterocycles. The van der Waals surface area contributed by atoms with E-state index in [4.69, 9.17) is 11.5 Å². The first-order valence-electron chi connectivity index (χ1n) is 7.36. The van der Waals surface area contributed by atoms with Crippen LogP contribution in [0.3, 0.4) is 0 Å². The maximum absolute atomic E-state index is 5.25. The van der Waals surface area contributed by atoms with Crippen LogP contribution in [0.2, 0.25) is 0 Å². The lowest BCUT2D eigenvalue weighted by molar-refractivity contribution is 0.632. The molecule has 1 aromatic rings.